The second-order valence-electron chi connectivity index (χ2n) is 7.47. The fourth-order valence-corrected chi connectivity index (χ4v) is 4.64. The Morgan fingerprint density at radius 1 is 1.29 bits per heavy atom. The van der Waals surface area contributed by atoms with Crippen LogP contribution in [0, 0.1) is 18.4 Å². The lowest BCUT2D eigenvalue weighted by molar-refractivity contribution is -0.139. The summed E-state index contributed by atoms with van der Waals surface area (Å²) in [4.78, 5) is 22.3. The van der Waals surface area contributed by atoms with Crippen molar-refractivity contribution in [3.63, 3.8) is 0 Å². The van der Waals surface area contributed by atoms with Crippen molar-refractivity contribution in [1.29, 1.82) is 0 Å². The van der Waals surface area contributed by atoms with E-state index >= 15 is 0 Å². The van der Waals surface area contributed by atoms with Gasteiger partial charge in [-0.15, -0.1) is 0 Å². The molecule has 1 atom stereocenters. The highest BCUT2D eigenvalue weighted by molar-refractivity contribution is 5.86. The Morgan fingerprint density at radius 3 is 2.92 bits per heavy atom. The van der Waals surface area contributed by atoms with Gasteiger partial charge in [0, 0.05) is 51.2 Å². The molecule has 0 unspecified atom stereocenters. The number of carbonyl (C=O) groups is 1. The third-order valence-electron chi connectivity index (χ3n) is 5.97. The minimum absolute atomic E-state index is 0.204. The number of hydrogen-bond acceptors (Lipinski definition) is 4. The Labute approximate surface area is 144 Å². The number of ether oxygens (including phenoxy) is 1. The number of hydrogen-bond donors (Lipinski definition) is 0. The van der Waals surface area contributed by atoms with Gasteiger partial charge in [-0.1, -0.05) is 0 Å². The molecule has 0 bridgehead atoms. The number of aryl methyl sites for hydroxylation is 1. The smallest absolute Gasteiger partial charge is 0.230 e. The van der Waals surface area contributed by atoms with Gasteiger partial charge in [-0.3, -0.25) is 4.79 Å². The Morgan fingerprint density at radius 2 is 2.12 bits per heavy atom. The maximum Gasteiger partial charge on any atom is 0.230 e. The zero-order valence-corrected chi connectivity index (χ0v) is 14.5. The van der Waals surface area contributed by atoms with Crippen LogP contribution < -0.4 is 4.90 Å². The number of aromatic nitrogens is 1. The van der Waals surface area contributed by atoms with Crippen molar-refractivity contribution in [3.8, 4) is 0 Å². The van der Waals surface area contributed by atoms with E-state index in [4.69, 9.17) is 4.74 Å². The molecule has 1 radical (unpaired) electrons. The van der Waals surface area contributed by atoms with E-state index in [-0.39, 0.29) is 5.41 Å². The zero-order chi connectivity index (χ0) is 16.6. The SMILES string of the molecule is Cc1c[c]cnc1N1CCC[C@@]2(CCN(C3CCOCC3)C2=O)C1. The predicted octanol–water partition coefficient (Wildman–Crippen LogP) is 2.19. The van der Waals surface area contributed by atoms with Crippen LogP contribution in [0.25, 0.3) is 0 Å². The molecule has 129 valence electrons. The number of carbonyl (C=O) groups excluding carboxylic acids is 1. The summed E-state index contributed by atoms with van der Waals surface area (Å²) in [5.41, 5.74) is 0.936. The molecule has 24 heavy (non-hydrogen) atoms. The van der Waals surface area contributed by atoms with Gasteiger partial charge in [0.25, 0.3) is 0 Å². The van der Waals surface area contributed by atoms with Crippen molar-refractivity contribution in [3.05, 3.63) is 23.9 Å². The first-order valence-electron chi connectivity index (χ1n) is 9.16. The molecule has 1 spiro atoms. The summed E-state index contributed by atoms with van der Waals surface area (Å²) in [5, 5.41) is 0. The van der Waals surface area contributed by atoms with E-state index < -0.39 is 0 Å². The van der Waals surface area contributed by atoms with Crippen LogP contribution in [0.3, 0.4) is 0 Å². The fraction of sp³-hybridized carbons (Fsp3) is 0.684. The van der Waals surface area contributed by atoms with Crippen LogP contribution in [0.1, 0.15) is 37.7 Å². The van der Waals surface area contributed by atoms with Gasteiger partial charge in [0.15, 0.2) is 0 Å². The van der Waals surface area contributed by atoms with Crippen LogP contribution >= 0.6 is 0 Å². The molecule has 1 aromatic heterocycles. The minimum atomic E-state index is -0.204. The highest BCUT2D eigenvalue weighted by atomic mass is 16.5. The first-order chi connectivity index (χ1) is 11.7. The molecule has 0 saturated carbocycles. The van der Waals surface area contributed by atoms with Crippen molar-refractivity contribution in [1.82, 2.24) is 9.88 Å². The summed E-state index contributed by atoms with van der Waals surface area (Å²) >= 11 is 0. The number of likely N-dealkylation sites (tertiary alicyclic amines) is 1. The molecule has 4 heterocycles. The third kappa shape index (κ3) is 2.69. The molecule has 5 heteroatoms. The summed E-state index contributed by atoms with van der Waals surface area (Å²) in [6.45, 7) is 6.36. The first-order valence-corrected chi connectivity index (χ1v) is 9.16. The highest BCUT2D eigenvalue weighted by Gasteiger charge is 2.50. The Hall–Kier alpha value is -1.62. The van der Waals surface area contributed by atoms with E-state index in [0.29, 0.717) is 11.9 Å². The highest BCUT2D eigenvalue weighted by Crippen LogP contribution is 2.42. The van der Waals surface area contributed by atoms with Gasteiger partial charge in [-0.05, 0) is 50.7 Å². The number of pyridine rings is 1. The largest absolute Gasteiger partial charge is 0.381 e. The molecule has 3 fully saturated rings. The first kappa shape index (κ1) is 15.9. The van der Waals surface area contributed by atoms with Crippen molar-refractivity contribution in [2.45, 2.75) is 45.1 Å². The van der Waals surface area contributed by atoms with Gasteiger partial charge in [0.2, 0.25) is 5.91 Å². The lowest BCUT2D eigenvalue weighted by Gasteiger charge is -2.41. The third-order valence-corrected chi connectivity index (χ3v) is 5.97. The number of piperidine rings is 1. The van der Waals surface area contributed by atoms with Crippen molar-refractivity contribution >= 4 is 11.7 Å². The van der Waals surface area contributed by atoms with Gasteiger partial charge < -0.3 is 14.5 Å². The molecular formula is C19H26N3O2. The monoisotopic (exact) mass is 328 g/mol. The normalized spacial score (nSPS) is 28.8. The van der Waals surface area contributed by atoms with E-state index in [0.717, 1.165) is 76.3 Å². The minimum Gasteiger partial charge on any atom is -0.381 e. The molecule has 3 aliphatic heterocycles. The Balaban J connectivity index is 1.53. The Bertz CT molecular complexity index is 614. The number of amides is 1. The number of nitrogens with zero attached hydrogens (tertiary/aromatic N) is 3. The standard InChI is InChI=1S/C19H26N3O2/c1-15-4-2-9-20-17(15)21-10-3-7-19(14-21)8-11-22(18(19)23)16-5-12-24-13-6-16/h4,9,16H,3,5-8,10-14H2,1H3/t19-/m1/s1. The summed E-state index contributed by atoms with van der Waals surface area (Å²) in [7, 11) is 0. The van der Waals surface area contributed by atoms with Crippen molar-refractivity contribution in [2.24, 2.45) is 5.41 Å². The second-order valence-corrected chi connectivity index (χ2v) is 7.47. The summed E-state index contributed by atoms with van der Waals surface area (Å²) in [6, 6.07) is 5.40. The second kappa shape index (κ2) is 6.36. The number of anilines is 1. The Kier molecular flexibility index (Phi) is 4.21. The van der Waals surface area contributed by atoms with Gasteiger partial charge in [0.1, 0.15) is 5.82 Å². The molecule has 0 aliphatic carbocycles. The van der Waals surface area contributed by atoms with Crippen LogP contribution in [0.2, 0.25) is 0 Å². The molecule has 5 nitrogen and oxygen atoms in total. The average Bonchev–Trinajstić information content (AvgIpc) is 2.92. The molecule has 4 rings (SSSR count). The number of rotatable bonds is 2. The predicted molar refractivity (Wildman–Crippen MR) is 91.9 cm³/mol. The van der Waals surface area contributed by atoms with Crippen LogP contribution in [0.5, 0.6) is 0 Å². The summed E-state index contributed by atoms with van der Waals surface area (Å²) < 4.78 is 5.46. The van der Waals surface area contributed by atoms with E-state index in [2.05, 4.69) is 27.8 Å². The molecule has 1 aromatic rings. The molecule has 0 N–H and O–H groups in total. The molecule has 0 aromatic carbocycles. The zero-order valence-electron chi connectivity index (χ0n) is 14.5. The quantitative estimate of drug-likeness (QED) is 0.835. The lowest BCUT2D eigenvalue weighted by Crippen LogP contribution is -2.50. The molecule has 1 amide bonds. The average molecular weight is 328 g/mol. The van der Waals surface area contributed by atoms with Crippen molar-refractivity contribution in [2.75, 3.05) is 37.7 Å². The maximum atomic E-state index is 13.3. The fourth-order valence-electron chi connectivity index (χ4n) is 4.64. The van der Waals surface area contributed by atoms with Crippen molar-refractivity contribution < 1.29 is 9.53 Å². The topological polar surface area (TPSA) is 45.7 Å². The lowest BCUT2D eigenvalue weighted by atomic mass is 9.78. The summed E-state index contributed by atoms with van der Waals surface area (Å²) in [6.07, 6.45) is 6.76. The van der Waals surface area contributed by atoms with Crippen LogP contribution in [0.15, 0.2) is 12.3 Å². The van der Waals surface area contributed by atoms with E-state index in [1.807, 2.05) is 6.07 Å². The van der Waals surface area contributed by atoms with E-state index in [1.165, 1.54) is 0 Å². The summed E-state index contributed by atoms with van der Waals surface area (Å²) in [5.74, 6) is 1.39. The van der Waals surface area contributed by atoms with E-state index in [9.17, 15) is 4.79 Å². The molecule has 3 saturated heterocycles. The molecule has 3 aliphatic rings. The van der Waals surface area contributed by atoms with Gasteiger partial charge >= 0.3 is 0 Å². The van der Waals surface area contributed by atoms with Crippen LogP contribution in [-0.2, 0) is 9.53 Å². The van der Waals surface area contributed by atoms with Gasteiger partial charge in [0.05, 0.1) is 5.41 Å². The van der Waals surface area contributed by atoms with E-state index in [1.54, 1.807) is 6.20 Å². The van der Waals surface area contributed by atoms with Gasteiger partial charge in [-0.25, -0.2) is 4.98 Å². The van der Waals surface area contributed by atoms with Crippen LogP contribution in [-0.4, -0.2) is 54.7 Å². The van der Waals surface area contributed by atoms with Gasteiger partial charge in [-0.2, -0.15) is 0 Å². The molecular weight excluding hydrogens is 302 g/mol. The maximum absolute atomic E-state index is 13.3. The van der Waals surface area contributed by atoms with Crippen LogP contribution in [0.4, 0.5) is 5.82 Å².